The van der Waals surface area contributed by atoms with E-state index in [1.54, 1.807) is 0 Å². The Morgan fingerprint density at radius 2 is 2.12 bits per heavy atom. The van der Waals surface area contributed by atoms with Crippen LogP contribution in [0.1, 0.15) is 26.0 Å². The zero-order valence-electron chi connectivity index (χ0n) is 9.88. The minimum atomic E-state index is -0.406. The van der Waals surface area contributed by atoms with Crippen LogP contribution in [0, 0.1) is 0 Å². The van der Waals surface area contributed by atoms with E-state index in [1.807, 2.05) is 50.3 Å². The van der Waals surface area contributed by atoms with Crippen molar-refractivity contribution in [3.8, 4) is 11.6 Å². The maximum absolute atomic E-state index is 11.6. The number of hydrogen-bond donors (Lipinski definition) is 0. The molecule has 0 saturated carbocycles. The first-order chi connectivity index (χ1) is 8.24. The smallest absolute Gasteiger partial charge is 0.266 e. The number of para-hydroxylation sites is 1. The van der Waals surface area contributed by atoms with Gasteiger partial charge in [-0.15, -0.1) is 0 Å². The van der Waals surface area contributed by atoms with Gasteiger partial charge in [0.15, 0.2) is 5.95 Å². The average molecular weight is 230 g/mol. The van der Waals surface area contributed by atoms with Crippen molar-refractivity contribution in [3.63, 3.8) is 0 Å². The molecule has 0 amide bonds. The lowest BCUT2D eigenvalue weighted by molar-refractivity contribution is -0.672. The Bertz CT molecular complexity index is 530. The van der Waals surface area contributed by atoms with Crippen LogP contribution in [0.25, 0.3) is 11.3 Å². The third-order valence-corrected chi connectivity index (χ3v) is 2.50. The number of nitrogens with zero attached hydrogens (tertiary/aromatic N) is 2. The van der Waals surface area contributed by atoms with E-state index < -0.39 is 5.95 Å². The third-order valence-electron chi connectivity index (χ3n) is 2.50. The summed E-state index contributed by atoms with van der Waals surface area (Å²) in [6.45, 7) is 3.91. The van der Waals surface area contributed by atoms with Crippen LogP contribution in [0.5, 0.6) is 5.95 Å². The Kier molecular flexibility index (Phi) is 3.23. The molecule has 0 unspecified atom stereocenters. The van der Waals surface area contributed by atoms with Crippen LogP contribution >= 0.6 is 0 Å². The molecule has 0 spiro atoms. The first kappa shape index (κ1) is 11.4. The minimum Gasteiger partial charge on any atom is -0.539 e. The van der Waals surface area contributed by atoms with Gasteiger partial charge in [-0.2, -0.15) is 0 Å². The molecule has 2 rings (SSSR count). The van der Waals surface area contributed by atoms with Crippen molar-refractivity contribution in [1.29, 1.82) is 0 Å². The molecule has 0 atom stereocenters. The largest absolute Gasteiger partial charge is 0.539 e. The van der Waals surface area contributed by atoms with Crippen LogP contribution in [0.4, 0.5) is 0 Å². The van der Waals surface area contributed by atoms with Crippen molar-refractivity contribution in [1.82, 2.24) is 5.27 Å². The third kappa shape index (κ3) is 2.20. The van der Waals surface area contributed by atoms with Gasteiger partial charge in [0.2, 0.25) is 5.69 Å². The van der Waals surface area contributed by atoms with Crippen LogP contribution in [0.2, 0.25) is 0 Å². The lowest BCUT2D eigenvalue weighted by Gasteiger charge is -1.97. The molecular formula is C13H14N2O2. The van der Waals surface area contributed by atoms with Gasteiger partial charge in [-0.25, -0.2) is 0 Å². The molecule has 0 bridgehead atoms. The molecule has 88 valence electrons. The van der Waals surface area contributed by atoms with Gasteiger partial charge in [0.05, 0.1) is 5.27 Å². The quantitative estimate of drug-likeness (QED) is 0.756. The fourth-order valence-electron chi connectivity index (χ4n) is 1.72. The summed E-state index contributed by atoms with van der Waals surface area (Å²) in [4.78, 5) is 0. The number of benzene rings is 1. The van der Waals surface area contributed by atoms with Gasteiger partial charge in [-0.1, -0.05) is 31.2 Å². The van der Waals surface area contributed by atoms with E-state index in [9.17, 15) is 5.11 Å². The van der Waals surface area contributed by atoms with Gasteiger partial charge in [-0.05, 0) is 18.0 Å². The second-order valence-electron chi connectivity index (χ2n) is 3.75. The summed E-state index contributed by atoms with van der Waals surface area (Å²) in [7, 11) is 0. The fourth-order valence-corrected chi connectivity index (χ4v) is 1.72. The first-order valence-corrected chi connectivity index (χ1v) is 5.55. The standard InChI is InChI=1S/C13H14N2O2/c1-3-7-10(2)12-13(16)17-14-15(12)11-8-5-4-6-9-11/h4-9H,3H2,1-2H3/b10-7+. The molecule has 1 heterocycles. The zero-order chi connectivity index (χ0) is 12.3. The molecule has 4 nitrogen and oxygen atoms in total. The van der Waals surface area contributed by atoms with Crippen molar-refractivity contribution in [3.05, 3.63) is 42.1 Å². The lowest BCUT2D eigenvalue weighted by atomic mass is 10.2. The molecule has 0 aliphatic heterocycles. The van der Waals surface area contributed by atoms with Gasteiger partial charge in [0.25, 0.3) is 5.69 Å². The summed E-state index contributed by atoms with van der Waals surface area (Å²) >= 11 is 0. The first-order valence-electron chi connectivity index (χ1n) is 5.55. The van der Waals surface area contributed by atoms with E-state index in [0.717, 1.165) is 17.7 Å². The summed E-state index contributed by atoms with van der Waals surface area (Å²) in [5.41, 5.74) is 2.18. The molecule has 1 aromatic carbocycles. The van der Waals surface area contributed by atoms with Crippen molar-refractivity contribution in [2.24, 2.45) is 0 Å². The molecule has 17 heavy (non-hydrogen) atoms. The van der Waals surface area contributed by atoms with E-state index in [-0.39, 0.29) is 0 Å². The Morgan fingerprint density at radius 3 is 2.76 bits per heavy atom. The van der Waals surface area contributed by atoms with Crippen molar-refractivity contribution in [2.75, 3.05) is 0 Å². The van der Waals surface area contributed by atoms with E-state index in [0.29, 0.717) is 5.69 Å². The van der Waals surface area contributed by atoms with Gasteiger partial charge < -0.3 is 9.63 Å². The predicted octanol–water partition coefficient (Wildman–Crippen LogP) is 1.84. The minimum absolute atomic E-state index is 0.406. The maximum atomic E-state index is 11.6. The number of hydrogen-bond acceptors (Lipinski definition) is 3. The van der Waals surface area contributed by atoms with Gasteiger partial charge in [0.1, 0.15) is 0 Å². The number of aromatic nitrogens is 2. The van der Waals surface area contributed by atoms with Gasteiger partial charge in [-0.3, -0.25) is 0 Å². The highest BCUT2D eigenvalue weighted by Gasteiger charge is 2.21. The number of rotatable bonds is 3. The Balaban J connectivity index is 2.54. The zero-order valence-corrected chi connectivity index (χ0v) is 9.88. The van der Waals surface area contributed by atoms with E-state index in [2.05, 4.69) is 5.27 Å². The second-order valence-corrected chi connectivity index (χ2v) is 3.75. The Morgan fingerprint density at radius 1 is 1.41 bits per heavy atom. The van der Waals surface area contributed by atoms with Crippen molar-refractivity contribution >= 4 is 5.57 Å². The summed E-state index contributed by atoms with van der Waals surface area (Å²) in [5.74, 6) is -0.406. The summed E-state index contributed by atoms with van der Waals surface area (Å²) in [5, 5.41) is 15.4. The number of allylic oxidation sites excluding steroid dienone is 2. The van der Waals surface area contributed by atoms with E-state index in [1.165, 1.54) is 4.68 Å². The lowest BCUT2D eigenvalue weighted by Crippen LogP contribution is -2.36. The summed E-state index contributed by atoms with van der Waals surface area (Å²) in [6, 6.07) is 9.46. The van der Waals surface area contributed by atoms with Gasteiger partial charge in [0, 0.05) is 17.7 Å². The highest BCUT2D eigenvalue weighted by molar-refractivity contribution is 5.61. The van der Waals surface area contributed by atoms with Crippen LogP contribution in [-0.4, -0.2) is 5.27 Å². The monoisotopic (exact) mass is 230 g/mol. The normalized spacial score (nSPS) is 11.8. The summed E-state index contributed by atoms with van der Waals surface area (Å²) < 4.78 is 6.27. The highest BCUT2D eigenvalue weighted by atomic mass is 16.6. The molecule has 0 fully saturated rings. The molecular weight excluding hydrogens is 216 g/mol. The van der Waals surface area contributed by atoms with Crippen LogP contribution in [-0.2, 0) is 0 Å². The molecule has 0 aliphatic carbocycles. The van der Waals surface area contributed by atoms with Crippen molar-refractivity contribution < 1.29 is 14.3 Å². The van der Waals surface area contributed by atoms with E-state index in [4.69, 9.17) is 4.52 Å². The maximum Gasteiger partial charge on any atom is 0.266 e. The van der Waals surface area contributed by atoms with Gasteiger partial charge >= 0.3 is 0 Å². The van der Waals surface area contributed by atoms with Crippen LogP contribution < -0.4 is 9.79 Å². The molecule has 0 aliphatic rings. The molecule has 4 heteroatoms. The molecule has 2 aromatic rings. The van der Waals surface area contributed by atoms with Crippen molar-refractivity contribution in [2.45, 2.75) is 20.3 Å². The molecule has 0 N–H and O–H groups in total. The second kappa shape index (κ2) is 4.82. The van der Waals surface area contributed by atoms with Crippen LogP contribution in [0.3, 0.4) is 0 Å². The fraction of sp³-hybridized carbons (Fsp3) is 0.231. The summed E-state index contributed by atoms with van der Waals surface area (Å²) in [6.07, 6.45) is 2.85. The van der Waals surface area contributed by atoms with E-state index >= 15 is 0 Å². The SMILES string of the molecule is CC/C=C(\C)c1c([O-])on[n+]1-c1ccccc1. The Hall–Kier alpha value is -2.10. The Labute approximate surface area is 99.8 Å². The molecule has 0 saturated heterocycles. The van der Waals surface area contributed by atoms with Crippen LogP contribution in [0.15, 0.2) is 40.9 Å². The topological polar surface area (TPSA) is 53.0 Å². The average Bonchev–Trinajstić information content (AvgIpc) is 2.73. The highest BCUT2D eigenvalue weighted by Crippen LogP contribution is 2.19. The molecule has 1 aromatic heterocycles. The predicted molar refractivity (Wildman–Crippen MR) is 61.4 cm³/mol. The molecule has 0 radical (unpaired) electrons.